The van der Waals surface area contributed by atoms with E-state index in [1.807, 2.05) is 0 Å². The Balaban J connectivity index is 2.16. The van der Waals surface area contributed by atoms with Crippen LogP contribution in [0, 0.1) is 5.82 Å². The molecule has 0 saturated heterocycles. The Bertz CT molecular complexity index is 974. The topological polar surface area (TPSA) is 97.3 Å². The van der Waals surface area contributed by atoms with E-state index < -0.39 is 11.8 Å². The van der Waals surface area contributed by atoms with E-state index in [0.717, 1.165) is 6.20 Å². The molecule has 0 bridgehead atoms. The molecule has 0 aliphatic rings. The van der Waals surface area contributed by atoms with Gasteiger partial charge in [-0.2, -0.15) is 4.98 Å². The molecule has 0 fully saturated rings. The van der Waals surface area contributed by atoms with E-state index in [9.17, 15) is 14.3 Å². The summed E-state index contributed by atoms with van der Waals surface area (Å²) >= 11 is 5.95. The number of methoxy groups -OCH3 is 1. The molecular formula is C16H13ClFN3O4. The maximum absolute atomic E-state index is 13.8. The minimum atomic E-state index is -1.21. The number of ether oxygens (including phenoxy) is 2. The molecule has 2 N–H and O–H groups in total. The Hall–Kier alpha value is -2.87. The number of carboxylic acid groups (broad SMARTS) is 1. The summed E-state index contributed by atoms with van der Waals surface area (Å²) < 4.78 is 24.6. The first-order valence-electron chi connectivity index (χ1n) is 7.26. The monoisotopic (exact) mass is 365 g/mol. The van der Waals surface area contributed by atoms with Gasteiger partial charge in [-0.05, 0) is 6.42 Å². The predicted molar refractivity (Wildman–Crippen MR) is 88.3 cm³/mol. The van der Waals surface area contributed by atoms with Crippen LogP contribution in [0.3, 0.4) is 0 Å². The number of halogens is 2. The van der Waals surface area contributed by atoms with Gasteiger partial charge in [-0.3, -0.25) is 0 Å². The summed E-state index contributed by atoms with van der Waals surface area (Å²) in [7, 11) is 1.37. The van der Waals surface area contributed by atoms with Crippen LogP contribution in [0.15, 0.2) is 18.3 Å². The van der Waals surface area contributed by atoms with E-state index in [1.54, 1.807) is 6.92 Å². The molecule has 3 aromatic rings. The SMILES string of the molecule is CCc1nc(Cl)cc(Oc2cc3c(F)c[nH]c3nc2OC)c1C(=O)O. The molecule has 0 aliphatic carbocycles. The molecule has 9 heteroatoms. The van der Waals surface area contributed by atoms with Gasteiger partial charge in [0.15, 0.2) is 5.75 Å². The van der Waals surface area contributed by atoms with E-state index in [-0.39, 0.29) is 44.8 Å². The molecule has 0 unspecified atom stereocenters. The Morgan fingerprint density at radius 2 is 2.12 bits per heavy atom. The number of hydrogen-bond donors (Lipinski definition) is 2. The third-order valence-electron chi connectivity index (χ3n) is 3.54. The van der Waals surface area contributed by atoms with Crippen molar-refractivity contribution in [1.82, 2.24) is 15.0 Å². The Kier molecular flexibility index (Phi) is 4.45. The van der Waals surface area contributed by atoms with Gasteiger partial charge in [0.25, 0.3) is 5.88 Å². The zero-order chi connectivity index (χ0) is 18.1. The van der Waals surface area contributed by atoms with Crippen molar-refractivity contribution >= 4 is 28.6 Å². The average molecular weight is 366 g/mol. The van der Waals surface area contributed by atoms with Crippen LogP contribution in [0.4, 0.5) is 4.39 Å². The number of aromatic carboxylic acids is 1. The van der Waals surface area contributed by atoms with Crippen LogP contribution in [-0.4, -0.2) is 33.1 Å². The smallest absolute Gasteiger partial charge is 0.341 e. The second-order valence-electron chi connectivity index (χ2n) is 5.05. The van der Waals surface area contributed by atoms with E-state index >= 15 is 0 Å². The van der Waals surface area contributed by atoms with Gasteiger partial charge in [0.2, 0.25) is 0 Å². The van der Waals surface area contributed by atoms with Gasteiger partial charge < -0.3 is 19.6 Å². The van der Waals surface area contributed by atoms with Crippen LogP contribution in [0.5, 0.6) is 17.4 Å². The van der Waals surface area contributed by atoms with Crippen molar-refractivity contribution in [3.63, 3.8) is 0 Å². The van der Waals surface area contributed by atoms with Crippen LogP contribution in [0.25, 0.3) is 11.0 Å². The molecule has 0 saturated carbocycles. The highest BCUT2D eigenvalue weighted by Crippen LogP contribution is 2.36. The van der Waals surface area contributed by atoms with Crippen LogP contribution in [0.1, 0.15) is 23.0 Å². The number of carbonyl (C=O) groups is 1. The van der Waals surface area contributed by atoms with Crippen LogP contribution >= 0.6 is 11.6 Å². The Morgan fingerprint density at radius 3 is 2.76 bits per heavy atom. The number of nitrogens with one attached hydrogen (secondary N) is 1. The van der Waals surface area contributed by atoms with Gasteiger partial charge >= 0.3 is 5.97 Å². The fraction of sp³-hybridized carbons (Fsp3) is 0.188. The molecule has 0 atom stereocenters. The van der Waals surface area contributed by atoms with E-state index in [0.29, 0.717) is 6.42 Å². The summed E-state index contributed by atoms with van der Waals surface area (Å²) in [4.78, 5) is 22.4. The number of fused-ring (bicyclic) bond motifs is 1. The second-order valence-corrected chi connectivity index (χ2v) is 5.44. The molecule has 0 radical (unpaired) electrons. The first-order valence-corrected chi connectivity index (χ1v) is 7.64. The van der Waals surface area contributed by atoms with Crippen LogP contribution < -0.4 is 9.47 Å². The summed E-state index contributed by atoms with van der Waals surface area (Å²) in [5, 5.41) is 9.75. The first kappa shape index (κ1) is 17.0. The average Bonchev–Trinajstić information content (AvgIpc) is 2.93. The van der Waals surface area contributed by atoms with Gasteiger partial charge in [0.05, 0.1) is 18.2 Å². The number of nitrogens with zero attached hydrogens (tertiary/aromatic N) is 2. The number of aromatic amines is 1. The molecule has 0 spiro atoms. The molecule has 7 nitrogen and oxygen atoms in total. The molecule has 0 amide bonds. The lowest BCUT2D eigenvalue weighted by molar-refractivity contribution is 0.0692. The maximum Gasteiger partial charge on any atom is 0.341 e. The number of rotatable bonds is 5. The molecule has 3 rings (SSSR count). The summed E-state index contributed by atoms with van der Waals surface area (Å²) in [5.74, 6) is -1.64. The second kappa shape index (κ2) is 6.56. The van der Waals surface area contributed by atoms with Gasteiger partial charge in [-0.15, -0.1) is 0 Å². The lowest BCUT2D eigenvalue weighted by atomic mass is 10.1. The van der Waals surface area contributed by atoms with Crippen molar-refractivity contribution in [1.29, 1.82) is 0 Å². The summed E-state index contributed by atoms with van der Waals surface area (Å²) in [5.41, 5.74) is 0.432. The number of hydrogen-bond acceptors (Lipinski definition) is 5. The largest absolute Gasteiger partial charge is 0.478 e. The highest BCUT2D eigenvalue weighted by Gasteiger charge is 2.22. The van der Waals surface area contributed by atoms with Crippen molar-refractivity contribution in [2.45, 2.75) is 13.3 Å². The first-order chi connectivity index (χ1) is 11.9. The van der Waals surface area contributed by atoms with Crippen molar-refractivity contribution in [2.75, 3.05) is 7.11 Å². The fourth-order valence-corrected chi connectivity index (χ4v) is 2.62. The maximum atomic E-state index is 13.8. The van der Waals surface area contributed by atoms with Gasteiger partial charge in [-0.25, -0.2) is 14.2 Å². The Morgan fingerprint density at radius 1 is 1.36 bits per heavy atom. The molecule has 130 valence electrons. The number of pyridine rings is 2. The summed E-state index contributed by atoms with van der Waals surface area (Å²) in [6.07, 6.45) is 1.50. The number of carboxylic acids is 1. The third-order valence-corrected chi connectivity index (χ3v) is 3.73. The Labute approximate surface area is 146 Å². The van der Waals surface area contributed by atoms with Crippen LogP contribution in [-0.2, 0) is 6.42 Å². The van der Waals surface area contributed by atoms with Crippen LogP contribution in [0.2, 0.25) is 5.15 Å². The minimum absolute atomic E-state index is 0.0280. The van der Waals surface area contributed by atoms with Crippen molar-refractivity contribution in [3.05, 3.63) is 40.6 Å². The van der Waals surface area contributed by atoms with E-state index in [2.05, 4.69) is 15.0 Å². The number of H-pyrrole nitrogens is 1. The van der Waals surface area contributed by atoms with Crippen molar-refractivity contribution in [2.24, 2.45) is 0 Å². The molecule has 25 heavy (non-hydrogen) atoms. The predicted octanol–water partition coefficient (Wildman–Crippen LogP) is 3.81. The molecular weight excluding hydrogens is 353 g/mol. The fourth-order valence-electron chi connectivity index (χ4n) is 2.42. The number of aryl methyl sites for hydroxylation is 1. The molecule has 0 aromatic carbocycles. The minimum Gasteiger partial charge on any atom is -0.478 e. The zero-order valence-corrected chi connectivity index (χ0v) is 14.0. The summed E-state index contributed by atoms with van der Waals surface area (Å²) in [6, 6.07) is 2.65. The van der Waals surface area contributed by atoms with E-state index in [4.69, 9.17) is 21.1 Å². The lowest BCUT2D eigenvalue weighted by Crippen LogP contribution is -2.07. The summed E-state index contributed by atoms with van der Waals surface area (Å²) in [6.45, 7) is 1.75. The van der Waals surface area contributed by atoms with Crippen molar-refractivity contribution in [3.8, 4) is 17.4 Å². The third kappa shape index (κ3) is 3.08. The van der Waals surface area contributed by atoms with Gasteiger partial charge in [-0.1, -0.05) is 18.5 Å². The highest BCUT2D eigenvalue weighted by atomic mass is 35.5. The zero-order valence-electron chi connectivity index (χ0n) is 13.3. The van der Waals surface area contributed by atoms with E-state index in [1.165, 1.54) is 19.2 Å². The lowest BCUT2D eigenvalue weighted by Gasteiger charge is -2.13. The highest BCUT2D eigenvalue weighted by molar-refractivity contribution is 6.29. The number of aromatic nitrogens is 3. The standard InChI is InChI=1S/C16H13ClFN3O4/c1-3-9-13(16(22)23)10(5-12(17)20-9)25-11-4-7-8(18)6-19-14(7)21-15(11)24-2/h4-6H,3H2,1-2H3,(H,19,21)(H,22,23). The molecule has 0 aliphatic heterocycles. The molecule has 3 aromatic heterocycles. The molecule has 3 heterocycles. The quantitative estimate of drug-likeness (QED) is 0.667. The normalized spacial score (nSPS) is 10.9. The van der Waals surface area contributed by atoms with Crippen molar-refractivity contribution < 1.29 is 23.8 Å². The van der Waals surface area contributed by atoms with Gasteiger partial charge in [0, 0.05) is 18.3 Å². The van der Waals surface area contributed by atoms with Gasteiger partial charge in [0.1, 0.15) is 27.9 Å².